The number of Topliss-reactive ketones (excluding diaryl/α,β-unsaturated/α-hetero) is 1. The molecule has 1 heterocycles. The minimum atomic E-state index is 0.388. The maximum atomic E-state index is 11.7. The van der Waals surface area contributed by atoms with Crippen molar-refractivity contribution in [1.29, 1.82) is 0 Å². The summed E-state index contributed by atoms with van der Waals surface area (Å²) in [5.74, 6) is 1.34. The van der Waals surface area contributed by atoms with Crippen molar-refractivity contribution in [2.24, 2.45) is 11.8 Å². The van der Waals surface area contributed by atoms with E-state index in [1.54, 1.807) is 0 Å². The van der Waals surface area contributed by atoms with E-state index >= 15 is 0 Å². The molecule has 74 valence electrons. The van der Waals surface area contributed by atoms with E-state index in [0.717, 1.165) is 25.9 Å². The molecule has 1 saturated heterocycles. The summed E-state index contributed by atoms with van der Waals surface area (Å²) in [6.07, 6.45) is 4.79. The lowest BCUT2D eigenvalue weighted by atomic mass is 9.76. The van der Waals surface area contributed by atoms with E-state index < -0.39 is 0 Å². The van der Waals surface area contributed by atoms with Gasteiger partial charge in [0.15, 0.2) is 0 Å². The van der Waals surface area contributed by atoms with Gasteiger partial charge in [0.2, 0.25) is 0 Å². The van der Waals surface area contributed by atoms with Gasteiger partial charge in [-0.25, -0.2) is 0 Å². The zero-order valence-corrected chi connectivity index (χ0v) is 8.46. The molecule has 0 aromatic rings. The first kappa shape index (κ1) is 9.20. The van der Waals surface area contributed by atoms with Crippen LogP contribution in [0.25, 0.3) is 0 Å². The maximum absolute atomic E-state index is 11.7. The second-order valence-corrected chi connectivity index (χ2v) is 4.49. The van der Waals surface area contributed by atoms with Crippen molar-refractivity contribution in [2.45, 2.75) is 32.6 Å². The molecule has 2 atom stereocenters. The van der Waals surface area contributed by atoms with Gasteiger partial charge < -0.3 is 4.90 Å². The highest BCUT2D eigenvalue weighted by Crippen LogP contribution is 2.31. The molecule has 2 heteroatoms. The molecule has 2 rings (SSSR count). The summed E-state index contributed by atoms with van der Waals surface area (Å²) in [4.78, 5) is 14.2. The number of fused-ring (bicyclic) bond motifs is 2. The van der Waals surface area contributed by atoms with Crippen molar-refractivity contribution in [3.63, 3.8) is 0 Å². The van der Waals surface area contributed by atoms with Crippen LogP contribution in [0.2, 0.25) is 0 Å². The van der Waals surface area contributed by atoms with Crippen LogP contribution >= 0.6 is 0 Å². The lowest BCUT2D eigenvalue weighted by Crippen LogP contribution is -2.49. The van der Waals surface area contributed by atoms with Crippen molar-refractivity contribution in [2.75, 3.05) is 19.6 Å². The van der Waals surface area contributed by atoms with Crippen molar-refractivity contribution >= 4 is 5.78 Å². The number of hydrogen-bond donors (Lipinski definition) is 0. The highest BCUT2D eigenvalue weighted by atomic mass is 16.1. The smallest absolute Gasteiger partial charge is 0.141 e. The Labute approximate surface area is 80.3 Å². The Balaban J connectivity index is 1.99. The Morgan fingerprint density at radius 3 is 2.46 bits per heavy atom. The standard InChI is InChI=1S/C11H19NO/c1-2-6-12-7-9-4-3-5-10(8-12)11(9)13/h9-10H,2-8H2,1H3/t9-,10-/m0/s1. The third-order valence-corrected chi connectivity index (χ3v) is 3.41. The Kier molecular flexibility index (Phi) is 2.68. The fraction of sp³-hybridized carbons (Fsp3) is 0.909. The maximum Gasteiger partial charge on any atom is 0.141 e. The number of ketones is 1. The average molecular weight is 181 g/mol. The molecule has 0 aromatic heterocycles. The zero-order chi connectivity index (χ0) is 9.26. The molecular weight excluding hydrogens is 162 g/mol. The number of piperidine rings is 1. The lowest BCUT2D eigenvalue weighted by molar-refractivity contribution is -0.134. The fourth-order valence-corrected chi connectivity index (χ4v) is 2.79. The zero-order valence-electron chi connectivity index (χ0n) is 8.46. The first-order valence-electron chi connectivity index (χ1n) is 5.57. The minimum Gasteiger partial charge on any atom is -0.302 e. The van der Waals surface area contributed by atoms with E-state index in [2.05, 4.69) is 11.8 Å². The number of carbonyl (C=O) groups excluding carboxylic acids is 1. The molecular formula is C11H19NO. The largest absolute Gasteiger partial charge is 0.302 e. The van der Waals surface area contributed by atoms with E-state index in [9.17, 15) is 4.79 Å². The Bertz CT molecular complexity index is 186. The van der Waals surface area contributed by atoms with Gasteiger partial charge in [-0.1, -0.05) is 13.3 Å². The average Bonchev–Trinajstić information content (AvgIpc) is 2.07. The summed E-state index contributed by atoms with van der Waals surface area (Å²) >= 11 is 0. The number of hydrogen-bond acceptors (Lipinski definition) is 2. The van der Waals surface area contributed by atoms with Gasteiger partial charge in [0.25, 0.3) is 0 Å². The molecule has 1 aliphatic heterocycles. The van der Waals surface area contributed by atoms with Crippen LogP contribution in [-0.2, 0) is 4.79 Å². The van der Waals surface area contributed by atoms with Crippen molar-refractivity contribution in [3.8, 4) is 0 Å². The molecule has 1 saturated carbocycles. The van der Waals surface area contributed by atoms with Gasteiger partial charge >= 0.3 is 0 Å². The van der Waals surface area contributed by atoms with Crippen LogP contribution < -0.4 is 0 Å². The second kappa shape index (κ2) is 3.79. The second-order valence-electron chi connectivity index (χ2n) is 4.49. The molecule has 0 radical (unpaired) electrons. The van der Waals surface area contributed by atoms with E-state index in [1.165, 1.54) is 19.4 Å². The van der Waals surface area contributed by atoms with Crippen LogP contribution in [0.15, 0.2) is 0 Å². The molecule has 2 aliphatic rings. The van der Waals surface area contributed by atoms with E-state index in [4.69, 9.17) is 0 Å². The van der Waals surface area contributed by atoms with Crippen molar-refractivity contribution < 1.29 is 4.79 Å². The Hall–Kier alpha value is -0.370. The van der Waals surface area contributed by atoms with E-state index in [1.807, 2.05) is 0 Å². The predicted octanol–water partition coefficient (Wildman–Crippen LogP) is 1.70. The first-order valence-corrected chi connectivity index (χ1v) is 5.57. The molecule has 0 N–H and O–H groups in total. The van der Waals surface area contributed by atoms with Crippen LogP contribution in [0.5, 0.6) is 0 Å². The minimum absolute atomic E-state index is 0.388. The summed E-state index contributed by atoms with van der Waals surface area (Å²) in [6, 6.07) is 0. The van der Waals surface area contributed by atoms with Crippen LogP contribution in [0.3, 0.4) is 0 Å². The quantitative estimate of drug-likeness (QED) is 0.646. The van der Waals surface area contributed by atoms with Crippen molar-refractivity contribution in [3.05, 3.63) is 0 Å². The summed E-state index contributed by atoms with van der Waals surface area (Å²) < 4.78 is 0. The van der Waals surface area contributed by atoms with Gasteiger partial charge in [0.05, 0.1) is 0 Å². The molecule has 0 unspecified atom stereocenters. The number of likely N-dealkylation sites (tertiary alicyclic amines) is 1. The number of carbonyl (C=O) groups is 1. The summed E-state index contributed by atoms with van der Waals surface area (Å²) in [6.45, 7) is 5.48. The van der Waals surface area contributed by atoms with Crippen LogP contribution in [0, 0.1) is 11.8 Å². The molecule has 2 bridgehead atoms. The Morgan fingerprint density at radius 2 is 1.92 bits per heavy atom. The molecule has 1 aliphatic carbocycles. The SMILES string of the molecule is CCCN1C[C@@H]2CCC[C@@H](C1)C2=O. The summed E-state index contributed by atoms with van der Waals surface area (Å²) in [7, 11) is 0. The Morgan fingerprint density at radius 1 is 1.31 bits per heavy atom. The lowest BCUT2D eigenvalue weighted by Gasteiger charge is -2.39. The highest BCUT2D eigenvalue weighted by Gasteiger charge is 2.37. The van der Waals surface area contributed by atoms with Gasteiger partial charge in [-0.3, -0.25) is 4.79 Å². The molecule has 2 nitrogen and oxygen atoms in total. The molecule has 13 heavy (non-hydrogen) atoms. The third kappa shape index (κ3) is 1.78. The topological polar surface area (TPSA) is 20.3 Å². The van der Waals surface area contributed by atoms with Gasteiger partial charge in [0, 0.05) is 24.9 Å². The fourth-order valence-electron chi connectivity index (χ4n) is 2.79. The summed E-state index contributed by atoms with van der Waals surface area (Å²) in [5.41, 5.74) is 0. The monoisotopic (exact) mass is 181 g/mol. The van der Waals surface area contributed by atoms with Gasteiger partial charge in [-0.05, 0) is 25.8 Å². The van der Waals surface area contributed by atoms with E-state index in [-0.39, 0.29) is 0 Å². The van der Waals surface area contributed by atoms with Crippen molar-refractivity contribution in [1.82, 2.24) is 4.90 Å². The highest BCUT2D eigenvalue weighted by molar-refractivity contribution is 5.85. The predicted molar refractivity (Wildman–Crippen MR) is 52.6 cm³/mol. The number of rotatable bonds is 2. The number of nitrogens with zero attached hydrogens (tertiary/aromatic N) is 1. The molecule has 0 amide bonds. The van der Waals surface area contributed by atoms with Gasteiger partial charge in [-0.2, -0.15) is 0 Å². The van der Waals surface area contributed by atoms with Crippen LogP contribution in [0.4, 0.5) is 0 Å². The van der Waals surface area contributed by atoms with E-state index in [0.29, 0.717) is 17.6 Å². The van der Waals surface area contributed by atoms with Crippen LogP contribution in [-0.4, -0.2) is 30.3 Å². The first-order chi connectivity index (χ1) is 6.31. The van der Waals surface area contributed by atoms with Gasteiger partial charge in [-0.15, -0.1) is 0 Å². The molecule has 2 fully saturated rings. The molecule has 0 spiro atoms. The third-order valence-electron chi connectivity index (χ3n) is 3.41. The molecule has 0 aromatic carbocycles. The normalized spacial score (nSPS) is 35.0. The van der Waals surface area contributed by atoms with Crippen LogP contribution in [0.1, 0.15) is 32.6 Å². The van der Waals surface area contributed by atoms with Gasteiger partial charge in [0.1, 0.15) is 5.78 Å². The summed E-state index contributed by atoms with van der Waals surface area (Å²) in [5, 5.41) is 0.